The minimum absolute atomic E-state index is 0.349. The molecule has 1 heterocycles. The minimum Gasteiger partial charge on any atom is -0.385 e. The number of nitrogens with one attached hydrogen (secondary N) is 1. The Kier molecular flexibility index (Phi) is 2.28. The first-order valence-corrected chi connectivity index (χ1v) is 4.90. The van der Waals surface area contributed by atoms with Gasteiger partial charge < -0.3 is 10.1 Å². The highest BCUT2D eigenvalue weighted by atomic mass is 79.9. The van der Waals surface area contributed by atoms with Crippen LogP contribution in [0, 0.1) is 5.82 Å². The summed E-state index contributed by atoms with van der Waals surface area (Å²) in [6.07, 6.45) is -0.677. The van der Waals surface area contributed by atoms with Gasteiger partial charge in [0, 0.05) is 6.07 Å². The van der Waals surface area contributed by atoms with E-state index in [4.69, 9.17) is 0 Å². The molecule has 14 heavy (non-hydrogen) atoms. The zero-order chi connectivity index (χ0) is 10.3. The number of aromatic nitrogens is 2. The van der Waals surface area contributed by atoms with Crippen LogP contribution in [0.3, 0.4) is 0 Å². The average Bonchev–Trinajstić information content (AvgIpc) is 2.48. The van der Waals surface area contributed by atoms with Crippen molar-refractivity contribution >= 4 is 27.0 Å². The summed E-state index contributed by atoms with van der Waals surface area (Å²) in [4.78, 5) is 6.95. The summed E-state index contributed by atoms with van der Waals surface area (Å²) < 4.78 is 13.5. The molecule has 1 atom stereocenters. The normalized spacial score (nSPS) is 13.4. The lowest BCUT2D eigenvalue weighted by atomic mass is 10.3. The number of rotatable bonds is 1. The van der Waals surface area contributed by atoms with E-state index in [1.165, 1.54) is 6.07 Å². The molecule has 0 aliphatic rings. The van der Waals surface area contributed by atoms with Crippen LogP contribution in [0.15, 0.2) is 16.6 Å². The second kappa shape index (κ2) is 3.33. The van der Waals surface area contributed by atoms with Crippen molar-refractivity contribution in [1.29, 1.82) is 0 Å². The number of aromatic amines is 1. The quantitative estimate of drug-likeness (QED) is 0.826. The Labute approximate surface area is 88.1 Å². The molecule has 1 aromatic carbocycles. The van der Waals surface area contributed by atoms with Crippen LogP contribution in [0.4, 0.5) is 4.39 Å². The number of imidazole rings is 1. The van der Waals surface area contributed by atoms with Crippen molar-refractivity contribution in [1.82, 2.24) is 9.97 Å². The highest BCUT2D eigenvalue weighted by Gasteiger charge is 2.09. The highest BCUT2D eigenvalue weighted by molar-refractivity contribution is 9.10. The molecule has 2 aromatic rings. The van der Waals surface area contributed by atoms with Crippen LogP contribution < -0.4 is 0 Å². The Balaban J connectivity index is 2.66. The van der Waals surface area contributed by atoms with Gasteiger partial charge >= 0.3 is 0 Å². The number of H-pyrrole nitrogens is 1. The maximum absolute atomic E-state index is 13.1. The lowest BCUT2D eigenvalue weighted by Gasteiger charge is -1.95. The number of aliphatic hydroxyl groups excluding tert-OH is 1. The Morgan fingerprint density at radius 3 is 2.93 bits per heavy atom. The third-order valence-electron chi connectivity index (χ3n) is 1.94. The van der Waals surface area contributed by atoms with Gasteiger partial charge in [0.15, 0.2) is 0 Å². The van der Waals surface area contributed by atoms with E-state index in [1.54, 1.807) is 13.0 Å². The number of hydrogen-bond acceptors (Lipinski definition) is 2. The molecule has 0 fully saturated rings. The first kappa shape index (κ1) is 9.61. The van der Waals surface area contributed by atoms with Crippen LogP contribution in [0.1, 0.15) is 18.9 Å². The second-order valence-corrected chi connectivity index (χ2v) is 3.94. The molecule has 0 aliphatic heterocycles. The van der Waals surface area contributed by atoms with Crippen molar-refractivity contribution in [3.63, 3.8) is 0 Å². The SMILES string of the molecule is CC(O)c1nc2cc(Br)c(F)cc2[nH]1. The summed E-state index contributed by atoms with van der Waals surface area (Å²) >= 11 is 3.07. The van der Waals surface area contributed by atoms with Crippen LogP contribution in [0.25, 0.3) is 11.0 Å². The van der Waals surface area contributed by atoms with E-state index in [0.29, 0.717) is 21.3 Å². The monoisotopic (exact) mass is 258 g/mol. The molecule has 1 unspecified atom stereocenters. The summed E-state index contributed by atoms with van der Waals surface area (Å²) in [6.45, 7) is 1.60. The van der Waals surface area contributed by atoms with Crippen molar-refractivity contribution in [3.05, 3.63) is 28.2 Å². The predicted octanol–water partition coefficient (Wildman–Crippen LogP) is 2.52. The first-order valence-electron chi connectivity index (χ1n) is 4.10. The molecule has 0 saturated carbocycles. The van der Waals surface area contributed by atoms with Gasteiger partial charge in [0.25, 0.3) is 0 Å². The lowest BCUT2D eigenvalue weighted by molar-refractivity contribution is 0.190. The number of aliphatic hydroxyl groups is 1. The van der Waals surface area contributed by atoms with E-state index >= 15 is 0 Å². The van der Waals surface area contributed by atoms with Gasteiger partial charge in [-0.3, -0.25) is 0 Å². The fourth-order valence-electron chi connectivity index (χ4n) is 1.22. The Morgan fingerprint density at radius 2 is 2.29 bits per heavy atom. The number of nitrogens with zero attached hydrogens (tertiary/aromatic N) is 1. The number of hydrogen-bond donors (Lipinski definition) is 2. The van der Waals surface area contributed by atoms with Gasteiger partial charge in [0.1, 0.15) is 17.7 Å². The molecule has 2 N–H and O–H groups in total. The van der Waals surface area contributed by atoms with E-state index in [0.717, 1.165) is 0 Å². The molecule has 74 valence electrons. The maximum atomic E-state index is 13.1. The van der Waals surface area contributed by atoms with E-state index < -0.39 is 6.10 Å². The second-order valence-electron chi connectivity index (χ2n) is 3.08. The number of benzene rings is 1. The van der Waals surface area contributed by atoms with Gasteiger partial charge in [0.2, 0.25) is 0 Å². The van der Waals surface area contributed by atoms with Crippen molar-refractivity contribution in [2.45, 2.75) is 13.0 Å². The zero-order valence-electron chi connectivity index (χ0n) is 7.38. The number of fused-ring (bicyclic) bond motifs is 1. The van der Waals surface area contributed by atoms with E-state index in [2.05, 4.69) is 25.9 Å². The number of halogens is 2. The fourth-order valence-corrected chi connectivity index (χ4v) is 1.55. The summed E-state index contributed by atoms with van der Waals surface area (Å²) in [5.74, 6) is 0.0933. The topological polar surface area (TPSA) is 48.9 Å². The van der Waals surface area contributed by atoms with Crippen molar-refractivity contribution < 1.29 is 9.50 Å². The molecule has 0 aliphatic carbocycles. The molecule has 0 amide bonds. The summed E-state index contributed by atoms with van der Waals surface area (Å²) in [6, 6.07) is 2.92. The third kappa shape index (κ3) is 1.53. The average molecular weight is 259 g/mol. The van der Waals surface area contributed by atoms with E-state index in [1.807, 2.05) is 0 Å². The largest absolute Gasteiger partial charge is 0.385 e. The van der Waals surface area contributed by atoms with Gasteiger partial charge in [0.05, 0.1) is 15.5 Å². The Hall–Kier alpha value is -0.940. The zero-order valence-corrected chi connectivity index (χ0v) is 8.97. The molecule has 0 bridgehead atoms. The van der Waals surface area contributed by atoms with Crippen LogP contribution in [-0.2, 0) is 0 Å². The maximum Gasteiger partial charge on any atom is 0.139 e. The van der Waals surface area contributed by atoms with Gasteiger partial charge in [-0.05, 0) is 28.9 Å². The minimum atomic E-state index is -0.677. The van der Waals surface area contributed by atoms with Crippen LogP contribution in [0.2, 0.25) is 0 Å². The molecule has 0 spiro atoms. The van der Waals surface area contributed by atoms with Crippen molar-refractivity contribution in [3.8, 4) is 0 Å². The molecule has 0 saturated heterocycles. The first-order chi connectivity index (χ1) is 6.58. The van der Waals surface area contributed by atoms with Gasteiger partial charge in [-0.25, -0.2) is 9.37 Å². The van der Waals surface area contributed by atoms with Crippen LogP contribution >= 0.6 is 15.9 Å². The van der Waals surface area contributed by atoms with Crippen LogP contribution in [-0.4, -0.2) is 15.1 Å². The molecule has 1 aromatic heterocycles. The van der Waals surface area contributed by atoms with Crippen molar-refractivity contribution in [2.75, 3.05) is 0 Å². The summed E-state index contributed by atoms with van der Waals surface area (Å²) in [5, 5.41) is 9.26. The van der Waals surface area contributed by atoms with E-state index in [9.17, 15) is 9.50 Å². The molecule has 3 nitrogen and oxygen atoms in total. The van der Waals surface area contributed by atoms with Crippen LogP contribution in [0.5, 0.6) is 0 Å². The van der Waals surface area contributed by atoms with Gasteiger partial charge in [-0.2, -0.15) is 0 Å². The Morgan fingerprint density at radius 1 is 1.57 bits per heavy atom. The highest BCUT2D eigenvalue weighted by Crippen LogP contribution is 2.23. The lowest BCUT2D eigenvalue weighted by Crippen LogP contribution is -1.92. The standard InChI is InChI=1S/C9H8BrFN2O/c1-4(14)9-12-7-2-5(10)6(11)3-8(7)13-9/h2-4,14H,1H3,(H,12,13). The van der Waals surface area contributed by atoms with Crippen molar-refractivity contribution in [2.24, 2.45) is 0 Å². The van der Waals surface area contributed by atoms with E-state index in [-0.39, 0.29) is 5.82 Å². The molecule has 2 rings (SSSR count). The van der Waals surface area contributed by atoms with Gasteiger partial charge in [-0.1, -0.05) is 0 Å². The summed E-state index contributed by atoms with van der Waals surface area (Å²) in [7, 11) is 0. The van der Waals surface area contributed by atoms with Gasteiger partial charge in [-0.15, -0.1) is 0 Å². The Bertz CT molecular complexity index is 442. The molecule has 0 radical (unpaired) electrons. The smallest absolute Gasteiger partial charge is 0.139 e. The summed E-state index contributed by atoms with van der Waals surface area (Å²) in [5.41, 5.74) is 1.22. The third-order valence-corrected chi connectivity index (χ3v) is 2.55. The molecular formula is C9H8BrFN2O. The molecule has 5 heteroatoms. The predicted molar refractivity (Wildman–Crippen MR) is 54.4 cm³/mol. The molecular weight excluding hydrogens is 251 g/mol. The fraction of sp³-hybridized carbons (Fsp3) is 0.222.